The van der Waals surface area contributed by atoms with Crippen LogP contribution < -0.4 is 20.7 Å². The second kappa shape index (κ2) is 10.6. The quantitative estimate of drug-likeness (QED) is 0.312. The molecule has 0 aliphatic rings. The van der Waals surface area contributed by atoms with Crippen LogP contribution in [0.3, 0.4) is 0 Å². The highest BCUT2D eigenvalue weighted by molar-refractivity contribution is 7.79. The molecular weight excluding hydrogens is 367 g/mol. The third-order valence-corrected chi connectivity index (χ3v) is 6.68. The van der Waals surface area contributed by atoms with E-state index in [9.17, 15) is 4.79 Å². The molecule has 3 rings (SSSR count). The van der Waals surface area contributed by atoms with Gasteiger partial charge in [-0.3, -0.25) is 0 Å². The van der Waals surface area contributed by atoms with Crippen molar-refractivity contribution >= 4 is 29.8 Å². The Hall–Kier alpha value is -2.64. The summed E-state index contributed by atoms with van der Waals surface area (Å²) in [5.74, 6) is 0.348. The van der Waals surface area contributed by atoms with E-state index in [-0.39, 0.29) is 12.6 Å². The van der Waals surface area contributed by atoms with Crippen molar-refractivity contribution in [2.45, 2.75) is 19.8 Å². The molecule has 0 fully saturated rings. The molecule has 0 unspecified atom stereocenters. The fraction of sp³-hybridized carbons (Fsp3) is 0.208. The molecule has 28 heavy (non-hydrogen) atoms. The van der Waals surface area contributed by atoms with Gasteiger partial charge >= 0.3 is 5.97 Å². The molecule has 0 heterocycles. The zero-order valence-corrected chi connectivity index (χ0v) is 17.0. The molecule has 0 amide bonds. The van der Waals surface area contributed by atoms with Gasteiger partial charge < -0.3 is 9.47 Å². The third kappa shape index (κ3) is 5.68. The van der Waals surface area contributed by atoms with Crippen molar-refractivity contribution in [2.24, 2.45) is 0 Å². The number of benzene rings is 3. The summed E-state index contributed by atoms with van der Waals surface area (Å²) in [5, 5.41) is 3.85. The van der Waals surface area contributed by atoms with Crippen LogP contribution >= 0.6 is 7.92 Å². The van der Waals surface area contributed by atoms with Crippen LogP contribution in [0.1, 0.15) is 19.8 Å². The fourth-order valence-electron chi connectivity index (χ4n) is 2.81. The zero-order chi connectivity index (χ0) is 19.6. The van der Waals surface area contributed by atoms with Gasteiger partial charge in [0.15, 0.2) is 6.61 Å². The van der Waals surface area contributed by atoms with E-state index in [0.717, 1.165) is 12.8 Å². The van der Waals surface area contributed by atoms with E-state index in [1.54, 1.807) is 0 Å². The average Bonchev–Trinajstić information content (AvgIpc) is 2.75. The van der Waals surface area contributed by atoms with E-state index >= 15 is 0 Å². The number of carbonyl (C=O) groups is 1. The summed E-state index contributed by atoms with van der Waals surface area (Å²) in [6, 6.07) is 29.1. The van der Waals surface area contributed by atoms with Crippen molar-refractivity contribution in [1.29, 1.82) is 0 Å². The van der Waals surface area contributed by atoms with E-state index in [4.69, 9.17) is 9.47 Å². The van der Waals surface area contributed by atoms with Crippen LogP contribution in [0.15, 0.2) is 84.9 Å². The first-order valence-electron chi connectivity index (χ1n) is 9.56. The van der Waals surface area contributed by atoms with Gasteiger partial charge in [0.1, 0.15) is 5.75 Å². The highest BCUT2D eigenvalue weighted by Crippen LogP contribution is 2.33. The molecule has 0 saturated carbocycles. The smallest absolute Gasteiger partial charge is 0.344 e. The minimum absolute atomic E-state index is 0.0603. The Morgan fingerprint density at radius 1 is 0.786 bits per heavy atom. The molecule has 0 atom stereocenters. The maximum atomic E-state index is 11.7. The van der Waals surface area contributed by atoms with Gasteiger partial charge in [0, 0.05) is 0 Å². The Morgan fingerprint density at radius 3 is 1.86 bits per heavy atom. The number of hydrogen-bond acceptors (Lipinski definition) is 3. The largest absolute Gasteiger partial charge is 0.482 e. The van der Waals surface area contributed by atoms with Crippen LogP contribution in [0.25, 0.3) is 0 Å². The second-order valence-electron chi connectivity index (χ2n) is 6.36. The van der Waals surface area contributed by atoms with Gasteiger partial charge in [-0.05, 0) is 42.4 Å². The van der Waals surface area contributed by atoms with Crippen LogP contribution in [0.5, 0.6) is 5.75 Å². The number of rotatable bonds is 9. The van der Waals surface area contributed by atoms with Crippen LogP contribution in [0.2, 0.25) is 0 Å². The van der Waals surface area contributed by atoms with Crippen molar-refractivity contribution in [3.8, 4) is 5.75 Å². The van der Waals surface area contributed by atoms with E-state index in [2.05, 4.69) is 67.6 Å². The Bertz CT molecular complexity index is 809. The third-order valence-electron chi connectivity index (χ3n) is 4.24. The number of esters is 1. The first-order valence-corrected chi connectivity index (χ1v) is 10.9. The second-order valence-corrected chi connectivity index (χ2v) is 8.58. The lowest BCUT2D eigenvalue weighted by molar-refractivity contribution is -0.146. The maximum Gasteiger partial charge on any atom is 0.344 e. The van der Waals surface area contributed by atoms with Gasteiger partial charge in [0.05, 0.1) is 6.61 Å². The summed E-state index contributed by atoms with van der Waals surface area (Å²) >= 11 is 0. The Kier molecular flexibility index (Phi) is 7.63. The van der Waals surface area contributed by atoms with Crippen LogP contribution in [0.4, 0.5) is 0 Å². The summed E-state index contributed by atoms with van der Waals surface area (Å²) in [6.07, 6.45) is 1.88. The molecular formula is C24H25O3P. The summed E-state index contributed by atoms with van der Waals surface area (Å²) < 4.78 is 10.7. The molecule has 0 aliphatic carbocycles. The Labute approximate surface area is 168 Å². The SMILES string of the molecule is CCCCOC(=O)COc1ccc(P(c2ccccc2)c2ccccc2)cc1. The lowest BCUT2D eigenvalue weighted by Gasteiger charge is -2.19. The van der Waals surface area contributed by atoms with Crippen molar-refractivity contribution in [3.63, 3.8) is 0 Å². The van der Waals surface area contributed by atoms with Crippen molar-refractivity contribution in [2.75, 3.05) is 13.2 Å². The average molecular weight is 392 g/mol. The maximum absolute atomic E-state index is 11.7. The molecule has 0 spiro atoms. The molecule has 0 aromatic heterocycles. The standard InChI is InChI=1S/C24H25O3P/c1-2-3-18-26-24(25)19-27-20-14-16-23(17-15-20)28(21-10-6-4-7-11-21)22-12-8-5-9-13-22/h4-17H,2-3,18-19H2,1H3. The monoisotopic (exact) mass is 392 g/mol. The highest BCUT2D eigenvalue weighted by Gasteiger charge is 2.16. The van der Waals surface area contributed by atoms with Gasteiger partial charge in [-0.25, -0.2) is 4.79 Å². The predicted molar refractivity (Wildman–Crippen MR) is 117 cm³/mol. The molecule has 0 bridgehead atoms. The highest BCUT2D eigenvalue weighted by atomic mass is 31.1. The topological polar surface area (TPSA) is 35.5 Å². The molecule has 144 valence electrons. The van der Waals surface area contributed by atoms with Crippen LogP contribution in [-0.2, 0) is 9.53 Å². The van der Waals surface area contributed by atoms with Gasteiger partial charge in [-0.2, -0.15) is 0 Å². The zero-order valence-electron chi connectivity index (χ0n) is 16.1. The minimum Gasteiger partial charge on any atom is -0.482 e. The van der Waals surface area contributed by atoms with Gasteiger partial charge in [0.25, 0.3) is 0 Å². The summed E-state index contributed by atoms with van der Waals surface area (Å²) in [5.41, 5.74) is 0. The lowest BCUT2D eigenvalue weighted by Crippen LogP contribution is -2.20. The number of unbranched alkanes of at least 4 members (excludes halogenated alkanes) is 1. The van der Waals surface area contributed by atoms with Crippen molar-refractivity contribution in [3.05, 3.63) is 84.9 Å². The predicted octanol–water partition coefficient (Wildman–Crippen LogP) is 4.17. The number of ether oxygens (including phenoxy) is 2. The van der Waals surface area contributed by atoms with Gasteiger partial charge in [-0.15, -0.1) is 0 Å². The van der Waals surface area contributed by atoms with Gasteiger partial charge in [-0.1, -0.05) is 86.1 Å². The molecule has 0 N–H and O–H groups in total. The molecule has 3 aromatic carbocycles. The molecule has 0 aliphatic heterocycles. The van der Waals surface area contributed by atoms with Crippen molar-refractivity contribution in [1.82, 2.24) is 0 Å². The van der Waals surface area contributed by atoms with Crippen LogP contribution in [0, 0.1) is 0 Å². The molecule has 4 heteroatoms. The van der Waals surface area contributed by atoms with Crippen molar-refractivity contribution < 1.29 is 14.3 Å². The first-order chi connectivity index (χ1) is 13.8. The summed E-state index contributed by atoms with van der Waals surface area (Å²) in [6.45, 7) is 2.46. The number of hydrogen-bond donors (Lipinski definition) is 0. The summed E-state index contributed by atoms with van der Waals surface area (Å²) in [4.78, 5) is 11.7. The molecule has 0 radical (unpaired) electrons. The summed E-state index contributed by atoms with van der Waals surface area (Å²) in [7, 11) is -0.637. The fourth-order valence-corrected chi connectivity index (χ4v) is 5.09. The normalized spacial score (nSPS) is 10.6. The van der Waals surface area contributed by atoms with Gasteiger partial charge in [0.2, 0.25) is 0 Å². The van der Waals surface area contributed by atoms with E-state index in [1.165, 1.54) is 15.9 Å². The Morgan fingerprint density at radius 2 is 1.32 bits per heavy atom. The number of carbonyl (C=O) groups excluding carboxylic acids is 1. The van der Waals surface area contributed by atoms with E-state index in [0.29, 0.717) is 12.4 Å². The lowest BCUT2D eigenvalue weighted by atomic mass is 10.3. The molecule has 0 saturated heterocycles. The van der Waals surface area contributed by atoms with E-state index < -0.39 is 7.92 Å². The van der Waals surface area contributed by atoms with E-state index in [1.807, 2.05) is 24.3 Å². The first kappa shape index (κ1) is 20.1. The molecule has 3 aromatic rings. The molecule has 3 nitrogen and oxygen atoms in total. The Balaban J connectivity index is 1.71. The van der Waals surface area contributed by atoms with Crippen LogP contribution in [-0.4, -0.2) is 19.2 Å². The minimum atomic E-state index is -0.637.